The minimum absolute atomic E-state index is 0.840. The van der Waals surface area contributed by atoms with Crippen molar-refractivity contribution in [3.63, 3.8) is 0 Å². The lowest BCUT2D eigenvalue weighted by atomic mass is 10.1. The van der Waals surface area contributed by atoms with Crippen molar-refractivity contribution in [3.05, 3.63) is 24.8 Å². The summed E-state index contributed by atoms with van der Waals surface area (Å²) in [6.45, 7) is 7.83. The Balaban J connectivity index is 1.34. The van der Waals surface area contributed by atoms with Crippen LogP contribution in [-0.2, 0) is 11.3 Å². The summed E-state index contributed by atoms with van der Waals surface area (Å²) in [6.07, 6.45) is 9.65. The van der Waals surface area contributed by atoms with E-state index in [4.69, 9.17) is 4.74 Å². The molecule has 5 heterocycles. The van der Waals surface area contributed by atoms with Gasteiger partial charge >= 0.3 is 0 Å². The molecular weight excluding hydrogens is 372 g/mol. The van der Waals surface area contributed by atoms with Crippen LogP contribution in [0.1, 0.15) is 19.3 Å². The third-order valence-electron chi connectivity index (χ3n) is 5.61. The summed E-state index contributed by atoms with van der Waals surface area (Å²) in [6, 6.07) is 2.18. The number of rotatable bonds is 5. The second-order valence-electron chi connectivity index (χ2n) is 7.52. The highest BCUT2D eigenvalue weighted by Gasteiger charge is 2.18. The zero-order valence-corrected chi connectivity index (χ0v) is 16.9. The van der Waals surface area contributed by atoms with Crippen molar-refractivity contribution in [3.8, 4) is 10.4 Å². The number of thiophene rings is 1. The van der Waals surface area contributed by atoms with Crippen LogP contribution in [0.15, 0.2) is 24.8 Å². The molecule has 3 aromatic heterocycles. The summed E-state index contributed by atoms with van der Waals surface area (Å²) in [5, 5.41) is 4.58. The Kier molecular flexibility index (Phi) is 5.24. The molecule has 0 saturated carbocycles. The quantitative estimate of drug-likeness (QED) is 0.659. The van der Waals surface area contributed by atoms with Gasteiger partial charge in [0.2, 0.25) is 0 Å². The first-order chi connectivity index (χ1) is 13.9. The molecule has 0 spiro atoms. The molecule has 3 aromatic rings. The molecule has 148 valence electrons. The SMILES string of the molecule is c1nc(N2CCCCC2)c2sc(-c3cnn(CCN4CCOCC4)c3)cc2n1. The van der Waals surface area contributed by atoms with E-state index in [1.54, 1.807) is 17.7 Å². The fraction of sp³-hybridized carbons (Fsp3) is 0.550. The van der Waals surface area contributed by atoms with Gasteiger partial charge < -0.3 is 9.64 Å². The summed E-state index contributed by atoms with van der Waals surface area (Å²) in [7, 11) is 0. The van der Waals surface area contributed by atoms with Crippen LogP contribution in [0.4, 0.5) is 5.82 Å². The fourth-order valence-electron chi connectivity index (χ4n) is 4.00. The third kappa shape index (κ3) is 3.76. The number of anilines is 1. The minimum atomic E-state index is 0.840. The molecule has 0 aromatic carbocycles. The summed E-state index contributed by atoms with van der Waals surface area (Å²) in [5.74, 6) is 1.10. The Bertz CT molecular complexity index is 926. The van der Waals surface area contributed by atoms with Crippen molar-refractivity contribution < 1.29 is 4.74 Å². The van der Waals surface area contributed by atoms with E-state index < -0.39 is 0 Å². The Labute approximate surface area is 168 Å². The number of ether oxygens (including phenoxy) is 1. The minimum Gasteiger partial charge on any atom is -0.379 e. The average Bonchev–Trinajstić information content (AvgIpc) is 3.40. The maximum Gasteiger partial charge on any atom is 0.150 e. The lowest BCUT2D eigenvalue weighted by Crippen LogP contribution is -2.38. The third-order valence-corrected chi connectivity index (χ3v) is 6.78. The lowest BCUT2D eigenvalue weighted by Gasteiger charge is -2.27. The monoisotopic (exact) mass is 398 g/mol. The standard InChI is InChI=1S/C20H26N6OS/c1-2-4-25(5-3-1)20-19-17(21-15-22-20)12-18(28-19)16-13-23-26(14-16)7-6-24-8-10-27-11-9-24/h12-15H,1-11H2. The second kappa shape index (κ2) is 8.14. The van der Waals surface area contributed by atoms with Gasteiger partial charge in [0, 0.05) is 49.4 Å². The van der Waals surface area contributed by atoms with Crippen LogP contribution in [0.25, 0.3) is 20.7 Å². The van der Waals surface area contributed by atoms with Gasteiger partial charge in [-0.15, -0.1) is 11.3 Å². The largest absolute Gasteiger partial charge is 0.379 e. The van der Waals surface area contributed by atoms with Crippen LogP contribution in [0, 0.1) is 0 Å². The molecule has 0 radical (unpaired) electrons. The van der Waals surface area contributed by atoms with Crippen LogP contribution in [0.5, 0.6) is 0 Å². The molecule has 0 atom stereocenters. The van der Waals surface area contributed by atoms with Crippen molar-refractivity contribution in [1.82, 2.24) is 24.6 Å². The van der Waals surface area contributed by atoms with Gasteiger partial charge in [-0.3, -0.25) is 9.58 Å². The average molecular weight is 399 g/mol. The molecule has 0 aliphatic carbocycles. The number of hydrogen-bond donors (Lipinski definition) is 0. The number of nitrogens with zero attached hydrogens (tertiary/aromatic N) is 6. The number of piperidine rings is 1. The van der Waals surface area contributed by atoms with Gasteiger partial charge in [0.15, 0.2) is 0 Å². The molecule has 0 amide bonds. The van der Waals surface area contributed by atoms with Crippen molar-refractivity contribution in [2.24, 2.45) is 0 Å². The number of aromatic nitrogens is 4. The Morgan fingerprint density at radius 3 is 2.71 bits per heavy atom. The first-order valence-corrected chi connectivity index (χ1v) is 11.0. The van der Waals surface area contributed by atoms with E-state index in [0.717, 1.165) is 69.4 Å². The highest BCUT2D eigenvalue weighted by atomic mass is 32.1. The maximum absolute atomic E-state index is 5.42. The molecular formula is C20H26N6OS. The zero-order chi connectivity index (χ0) is 18.8. The van der Waals surface area contributed by atoms with E-state index in [9.17, 15) is 0 Å². The predicted molar refractivity (Wildman–Crippen MR) is 112 cm³/mol. The van der Waals surface area contributed by atoms with Crippen molar-refractivity contribution in [2.45, 2.75) is 25.8 Å². The molecule has 2 aliphatic heterocycles. The predicted octanol–water partition coefficient (Wildman–Crippen LogP) is 2.88. The van der Waals surface area contributed by atoms with Crippen molar-refractivity contribution >= 4 is 27.4 Å². The molecule has 2 aliphatic rings. The molecule has 5 rings (SSSR count). The first-order valence-electron chi connectivity index (χ1n) is 10.2. The number of hydrogen-bond acceptors (Lipinski definition) is 7. The summed E-state index contributed by atoms with van der Waals surface area (Å²) in [5.41, 5.74) is 2.20. The van der Waals surface area contributed by atoms with E-state index >= 15 is 0 Å². The van der Waals surface area contributed by atoms with Crippen LogP contribution in [0.3, 0.4) is 0 Å². The molecule has 8 heteroatoms. The lowest BCUT2D eigenvalue weighted by molar-refractivity contribution is 0.0360. The topological polar surface area (TPSA) is 59.3 Å². The Hall–Kier alpha value is -2.03. The smallest absolute Gasteiger partial charge is 0.150 e. The highest BCUT2D eigenvalue weighted by molar-refractivity contribution is 7.22. The molecule has 2 saturated heterocycles. The van der Waals surface area contributed by atoms with Gasteiger partial charge in [-0.2, -0.15) is 5.10 Å². The highest BCUT2D eigenvalue weighted by Crippen LogP contribution is 2.37. The van der Waals surface area contributed by atoms with Crippen LogP contribution in [0.2, 0.25) is 0 Å². The Morgan fingerprint density at radius 2 is 1.86 bits per heavy atom. The van der Waals surface area contributed by atoms with E-state index in [1.807, 2.05) is 10.9 Å². The van der Waals surface area contributed by atoms with E-state index in [0.29, 0.717) is 0 Å². The van der Waals surface area contributed by atoms with E-state index in [2.05, 4.69) is 37.1 Å². The van der Waals surface area contributed by atoms with Gasteiger partial charge in [-0.25, -0.2) is 9.97 Å². The number of morpholine rings is 1. The molecule has 7 nitrogen and oxygen atoms in total. The molecule has 0 N–H and O–H groups in total. The van der Waals surface area contributed by atoms with Crippen LogP contribution in [-0.4, -0.2) is 70.6 Å². The summed E-state index contributed by atoms with van der Waals surface area (Å²) < 4.78 is 8.66. The maximum atomic E-state index is 5.42. The molecule has 28 heavy (non-hydrogen) atoms. The van der Waals surface area contributed by atoms with Crippen LogP contribution < -0.4 is 4.90 Å². The number of fused-ring (bicyclic) bond motifs is 1. The van der Waals surface area contributed by atoms with Gasteiger partial charge in [0.05, 0.1) is 36.2 Å². The first kappa shape index (κ1) is 18.0. The van der Waals surface area contributed by atoms with Crippen molar-refractivity contribution in [2.75, 3.05) is 50.8 Å². The van der Waals surface area contributed by atoms with Crippen LogP contribution >= 0.6 is 11.3 Å². The second-order valence-corrected chi connectivity index (χ2v) is 8.57. The summed E-state index contributed by atoms with van der Waals surface area (Å²) in [4.78, 5) is 15.2. The van der Waals surface area contributed by atoms with Gasteiger partial charge in [-0.1, -0.05) is 0 Å². The summed E-state index contributed by atoms with van der Waals surface area (Å²) >= 11 is 1.78. The molecule has 2 fully saturated rings. The molecule has 0 bridgehead atoms. The molecule has 0 unspecified atom stereocenters. The Morgan fingerprint density at radius 1 is 1.00 bits per heavy atom. The van der Waals surface area contributed by atoms with E-state index in [1.165, 1.54) is 28.8 Å². The fourth-order valence-corrected chi connectivity index (χ4v) is 5.10. The van der Waals surface area contributed by atoms with Crippen molar-refractivity contribution in [1.29, 1.82) is 0 Å². The normalized spacial score (nSPS) is 18.8. The zero-order valence-electron chi connectivity index (χ0n) is 16.1. The van der Waals surface area contributed by atoms with Gasteiger partial charge in [0.1, 0.15) is 12.1 Å². The van der Waals surface area contributed by atoms with Gasteiger partial charge in [-0.05, 0) is 25.3 Å². The van der Waals surface area contributed by atoms with Gasteiger partial charge in [0.25, 0.3) is 0 Å². The van der Waals surface area contributed by atoms with E-state index in [-0.39, 0.29) is 0 Å².